The first kappa shape index (κ1) is 15.1. The number of benzene rings is 1. The van der Waals surface area contributed by atoms with Gasteiger partial charge in [-0.1, -0.05) is 0 Å². The van der Waals surface area contributed by atoms with Crippen molar-refractivity contribution in [2.45, 2.75) is 6.18 Å². The first-order chi connectivity index (χ1) is 8.34. The second kappa shape index (κ2) is 4.98. The summed E-state index contributed by atoms with van der Waals surface area (Å²) in [6.07, 6.45) is -4.64. The van der Waals surface area contributed by atoms with E-state index in [1.165, 1.54) is 12.1 Å². The van der Waals surface area contributed by atoms with Gasteiger partial charge in [0.05, 0.1) is 11.1 Å². The average Bonchev–Trinajstić information content (AvgIpc) is 2.27. The maximum absolute atomic E-state index is 12.8. The Hall–Kier alpha value is -1.93. The van der Waals surface area contributed by atoms with Gasteiger partial charge in [0.25, 0.3) is 5.56 Å². The number of anilines is 1. The normalized spacial score (nSPS) is 11.2. The number of hydrazine groups is 1. The summed E-state index contributed by atoms with van der Waals surface area (Å²) in [5.74, 6) is 5.11. The number of alkyl halides is 3. The monoisotopic (exact) mass is 294 g/mol. The molecule has 2 rings (SSSR count). The summed E-state index contributed by atoms with van der Waals surface area (Å²) in [4.78, 5) is 11.5. The van der Waals surface area contributed by atoms with Crippen LogP contribution in [0.4, 0.5) is 18.9 Å². The van der Waals surface area contributed by atoms with Crippen molar-refractivity contribution < 1.29 is 13.2 Å². The Labute approximate surface area is 111 Å². The van der Waals surface area contributed by atoms with Gasteiger partial charge in [-0.3, -0.25) is 10.3 Å². The van der Waals surface area contributed by atoms with Crippen molar-refractivity contribution in [1.29, 1.82) is 0 Å². The zero-order chi connectivity index (χ0) is 13.5. The van der Waals surface area contributed by atoms with Crippen LogP contribution in [-0.4, -0.2) is 4.68 Å². The highest BCUT2D eigenvalue weighted by Crippen LogP contribution is 2.34. The number of fused-ring (bicyclic) bond motifs is 1. The molecule has 1 aromatic carbocycles. The Kier molecular flexibility index (Phi) is 3.97. The second-order valence-electron chi connectivity index (χ2n) is 3.64. The molecule has 0 bridgehead atoms. The van der Waals surface area contributed by atoms with Gasteiger partial charge in [0.2, 0.25) is 0 Å². The zero-order valence-corrected chi connectivity index (χ0v) is 10.2. The van der Waals surface area contributed by atoms with Crippen molar-refractivity contribution in [3.63, 3.8) is 0 Å². The summed E-state index contributed by atoms with van der Waals surface area (Å²) in [7, 11) is 0. The second-order valence-corrected chi connectivity index (χ2v) is 3.64. The van der Waals surface area contributed by atoms with Gasteiger partial charge in [0.15, 0.2) is 0 Å². The molecule has 0 spiro atoms. The number of rotatable bonds is 1. The van der Waals surface area contributed by atoms with Crippen LogP contribution in [0.2, 0.25) is 0 Å². The minimum Gasteiger partial charge on any atom is -0.399 e. The molecular weight excluding hydrogens is 285 g/mol. The van der Waals surface area contributed by atoms with E-state index >= 15 is 0 Å². The third kappa shape index (κ3) is 2.59. The predicted molar refractivity (Wildman–Crippen MR) is 68.4 cm³/mol. The van der Waals surface area contributed by atoms with E-state index in [2.05, 4.69) is 0 Å². The topological polar surface area (TPSA) is 86.1 Å². The van der Waals surface area contributed by atoms with Crippen molar-refractivity contribution in [1.82, 2.24) is 4.68 Å². The molecule has 0 saturated heterocycles. The first-order valence-electron chi connectivity index (χ1n) is 4.83. The standard InChI is InChI=1S/C10H9F3N4O.ClH/c11-10(12,13)7-4-9(18)17(16-15)8-2-1-5(14)3-6(7)8;/h1-4,16H,14-15H2;1H. The summed E-state index contributed by atoms with van der Waals surface area (Å²) < 4.78 is 39.3. The Morgan fingerprint density at radius 3 is 2.37 bits per heavy atom. The number of nitrogen functional groups attached to an aromatic ring is 2. The molecule has 5 N–H and O–H groups in total. The van der Waals surface area contributed by atoms with E-state index in [4.69, 9.17) is 11.6 Å². The molecule has 0 atom stereocenters. The van der Waals surface area contributed by atoms with Crippen molar-refractivity contribution >= 4 is 29.0 Å². The van der Waals surface area contributed by atoms with Gasteiger partial charge < -0.3 is 5.73 Å². The van der Waals surface area contributed by atoms with Crippen molar-refractivity contribution in [3.05, 3.63) is 40.2 Å². The Balaban J connectivity index is 0.00000180. The van der Waals surface area contributed by atoms with E-state index < -0.39 is 17.3 Å². The minimum atomic E-state index is -4.64. The van der Waals surface area contributed by atoms with E-state index in [9.17, 15) is 18.0 Å². The fourth-order valence-corrected chi connectivity index (χ4v) is 1.72. The Morgan fingerprint density at radius 2 is 1.84 bits per heavy atom. The zero-order valence-electron chi connectivity index (χ0n) is 9.36. The predicted octanol–water partition coefficient (Wildman–Crippen LogP) is 1.44. The summed E-state index contributed by atoms with van der Waals surface area (Å²) in [5, 5.41) is -0.194. The number of nitrogens with two attached hydrogens (primary N) is 2. The molecule has 0 amide bonds. The molecule has 104 valence electrons. The molecule has 9 heteroatoms. The lowest BCUT2D eigenvalue weighted by Crippen LogP contribution is -2.34. The van der Waals surface area contributed by atoms with Crippen LogP contribution in [0.3, 0.4) is 0 Å². The maximum atomic E-state index is 12.8. The van der Waals surface area contributed by atoms with Gasteiger partial charge in [-0.2, -0.15) is 13.2 Å². The van der Waals surface area contributed by atoms with Crippen LogP contribution in [0, 0.1) is 0 Å². The third-order valence-electron chi connectivity index (χ3n) is 2.47. The smallest absolute Gasteiger partial charge is 0.399 e. The van der Waals surface area contributed by atoms with Gasteiger partial charge in [-0.05, 0) is 18.2 Å². The lowest BCUT2D eigenvalue weighted by atomic mass is 10.1. The van der Waals surface area contributed by atoms with Gasteiger partial charge >= 0.3 is 6.18 Å². The van der Waals surface area contributed by atoms with E-state index in [0.29, 0.717) is 6.07 Å². The molecular formula is C10H10ClF3N4O. The van der Waals surface area contributed by atoms with Gasteiger partial charge in [-0.25, -0.2) is 10.5 Å². The highest BCUT2D eigenvalue weighted by molar-refractivity contribution is 5.86. The highest BCUT2D eigenvalue weighted by Gasteiger charge is 2.34. The average molecular weight is 295 g/mol. The van der Waals surface area contributed by atoms with Crippen LogP contribution < -0.4 is 22.7 Å². The number of nitrogens with one attached hydrogen (secondary N) is 1. The van der Waals surface area contributed by atoms with Crippen LogP contribution in [-0.2, 0) is 6.18 Å². The van der Waals surface area contributed by atoms with Gasteiger partial charge in [0, 0.05) is 17.1 Å². The molecule has 0 aliphatic rings. The van der Waals surface area contributed by atoms with Crippen LogP contribution in [0.15, 0.2) is 29.1 Å². The van der Waals surface area contributed by atoms with Crippen molar-refractivity contribution in [3.8, 4) is 0 Å². The van der Waals surface area contributed by atoms with E-state index in [0.717, 1.165) is 10.7 Å². The maximum Gasteiger partial charge on any atom is 0.417 e. The number of nitrogens with zero attached hydrogens (tertiary/aromatic N) is 1. The molecule has 0 unspecified atom stereocenters. The first-order valence-corrected chi connectivity index (χ1v) is 4.83. The Bertz CT molecular complexity index is 668. The number of aromatic nitrogens is 1. The molecule has 0 fully saturated rings. The lowest BCUT2D eigenvalue weighted by molar-refractivity contribution is -0.136. The van der Waals surface area contributed by atoms with E-state index in [1.54, 1.807) is 0 Å². The van der Waals surface area contributed by atoms with Crippen molar-refractivity contribution in [2.75, 3.05) is 11.3 Å². The van der Waals surface area contributed by atoms with E-state index in [-0.39, 0.29) is 29.0 Å². The molecule has 1 aromatic heterocycles. The van der Waals surface area contributed by atoms with Crippen molar-refractivity contribution in [2.24, 2.45) is 5.84 Å². The fourth-order valence-electron chi connectivity index (χ4n) is 1.72. The van der Waals surface area contributed by atoms with Crippen LogP contribution in [0.25, 0.3) is 10.9 Å². The van der Waals surface area contributed by atoms with Gasteiger partial charge in [0.1, 0.15) is 0 Å². The SMILES string of the molecule is Cl.NNn1c(=O)cc(C(F)(F)F)c2cc(N)ccc21. The number of pyridine rings is 1. The fraction of sp³-hybridized carbons (Fsp3) is 0.100. The lowest BCUT2D eigenvalue weighted by Gasteiger charge is -2.14. The number of halogens is 4. The summed E-state index contributed by atoms with van der Waals surface area (Å²) >= 11 is 0. The Morgan fingerprint density at radius 1 is 1.21 bits per heavy atom. The molecule has 2 aromatic rings. The molecule has 0 saturated carbocycles. The molecule has 0 radical (unpaired) electrons. The molecule has 19 heavy (non-hydrogen) atoms. The van der Waals surface area contributed by atoms with Gasteiger partial charge in [-0.15, -0.1) is 12.4 Å². The van der Waals surface area contributed by atoms with Crippen LogP contribution in [0.1, 0.15) is 5.56 Å². The summed E-state index contributed by atoms with van der Waals surface area (Å²) in [5.41, 5.74) is 5.72. The number of hydrogen-bond donors (Lipinski definition) is 3. The van der Waals surface area contributed by atoms with Crippen LogP contribution in [0.5, 0.6) is 0 Å². The summed E-state index contributed by atoms with van der Waals surface area (Å²) in [6, 6.07) is 4.30. The quantitative estimate of drug-likeness (QED) is 0.422. The molecule has 0 aliphatic carbocycles. The largest absolute Gasteiger partial charge is 0.417 e. The minimum absolute atomic E-state index is 0. The summed E-state index contributed by atoms with van der Waals surface area (Å²) in [6.45, 7) is 0. The molecule has 5 nitrogen and oxygen atoms in total. The third-order valence-corrected chi connectivity index (χ3v) is 2.47. The van der Waals surface area contributed by atoms with E-state index in [1.807, 2.05) is 5.53 Å². The van der Waals surface area contributed by atoms with Crippen LogP contribution >= 0.6 is 12.4 Å². The number of hydrogen-bond acceptors (Lipinski definition) is 4. The highest BCUT2D eigenvalue weighted by atomic mass is 35.5. The molecule has 0 aliphatic heterocycles. The molecule has 1 heterocycles.